The van der Waals surface area contributed by atoms with E-state index in [9.17, 15) is 9.59 Å². The van der Waals surface area contributed by atoms with Crippen LogP contribution < -0.4 is 11.2 Å². The maximum absolute atomic E-state index is 11.7. The van der Waals surface area contributed by atoms with Gasteiger partial charge in [0.2, 0.25) is 0 Å². The first-order valence-corrected chi connectivity index (χ1v) is 5.79. The number of H-pyrrole nitrogens is 2. The van der Waals surface area contributed by atoms with Crippen molar-refractivity contribution in [1.29, 1.82) is 5.26 Å². The summed E-state index contributed by atoms with van der Waals surface area (Å²) in [6, 6.07) is 8.87. The van der Waals surface area contributed by atoms with E-state index in [0.29, 0.717) is 17.0 Å². The summed E-state index contributed by atoms with van der Waals surface area (Å²) in [7, 11) is 1.52. The standard InChI is InChI=1S/C13H9N5O2/c1-18-11-9(12(19)17-13(18)20)15-10(16-11)8-4-2-3-7(5-8)6-14/h2-5H,1H3,(H,15,16)(H,17,19,20). The summed E-state index contributed by atoms with van der Waals surface area (Å²) in [5.41, 5.74) is 0.628. The summed E-state index contributed by atoms with van der Waals surface area (Å²) in [5.74, 6) is 0.434. The minimum absolute atomic E-state index is 0.226. The van der Waals surface area contributed by atoms with Gasteiger partial charge in [-0.2, -0.15) is 5.26 Å². The summed E-state index contributed by atoms with van der Waals surface area (Å²) < 4.78 is 1.25. The van der Waals surface area contributed by atoms with E-state index in [4.69, 9.17) is 5.26 Å². The number of nitrogens with zero attached hydrogens (tertiary/aromatic N) is 3. The number of nitrogens with one attached hydrogen (secondary N) is 2. The van der Waals surface area contributed by atoms with Crippen LogP contribution >= 0.6 is 0 Å². The van der Waals surface area contributed by atoms with Crippen LogP contribution in [0.15, 0.2) is 33.9 Å². The van der Waals surface area contributed by atoms with Gasteiger partial charge in [0, 0.05) is 12.6 Å². The van der Waals surface area contributed by atoms with Gasteiger partial charge in [-0.25, -0.2) is 9.78 Å². The third kappa shape index (κ3) is 1.71. The average molecular weight is 267 g/mol. The summed E-state index contributed by atoms with van der Waals surface area (Å²) in [6.07, 6.45) is 0. The van der Waals surface area contributed by atoms with Crippen LogP contribution in [0, 0.1) is 11.3 Å². The maximum atomic E-state index is 11.7. The summed E-state index contributed by atoms with van der Waals surface area (Å²) in [6.45, 7) is 0. The maximum Gasteiger partial charge on any atom is 0.329 e. The number of aryl methyl sites for hydroxylation is 1. The molecule has 7 nitrogen and oxygen atoms in total. The number of imidazole rings is 1. The van der Waals surface area contributed by atoms with Crippen LogP contribution in [0.1, 0.15) is 5.56 Å². The summed E-state index contributed by atoms with van der Waals surface area (Å²) >= 11 is 0. The first-order chi connectivity index (χ1) is 9.60. The minimum Gasteiger partial charge on any atom is -0.332 e. The lowest BCUT2D eigenvalue weighted by molar-refractivity contribution is 0.832. The molecule has 2 heterocycles. The van der Waals surface area contributed by atoms with E-state index in [1.54, 1.807) is 24.3 Å². The lowest BCUT2D eigenvalue weighted by atomic mass is 10.1. The summed E-state index contributed by atoms with van der Waals surface area (Å²) in [5, 5.41) is 8.89. The van der Waals surface area contributed by atoms with Crippen LogP contribution in [0.3, 0.4) is 0 Å². The topological polar surface area (TPSA) is 107 Å². The number of hydrogen-bond donors (Lipinski definition) is 2. The van der Waals surface area contributed by atoms with Gasteiger partial charge in [0.15, 0.2) is 5.65 Å². The second-order valence-corrected chi connectivity index (χ2v) is 4.29. The number of hydrogen-bond acceptors (Lipinski definition) is 4. The van der Waals surface area contributed by atoms with E-state index < -0.39 is 11.2 Å². The van der Waals surface area contributed by atoms with E-state index in [-0.39, 0.29) is 11.2 Å². The quantitative estimate of drug-likeness (QED) is 0.668. The van der Waals surface area contributed by atoms with Crippen molar-refractivity contribution in [2.45, 2.75) is 0 Å². The number of fused-ring (bicyclic) bond motifs is 1. The van der Waals surface area contributed by atoms with Crippen LogP contribution in [0.25, 0.3) is 22.6 Å². The molecule has 1 aromatic carbocycles. The largest absolute Gasteiger partial charge is 0.332 e. The fourth-order valence-corrected chi connectivity index (χ4v) is 1.98. The molecular weight excluding hydrogens is 258 g/mol. The Labute approximate surface area is 112 Å². The van der Waals surface area contributed by atoms with Gasteiger partial charge in [-0.1, -0.05) is 12.1 Å². The van der Waals surface area contributed by atoms with Crippen LogP contribution in [0.4, 0.5) is 0 Å². The van der Waals surface area contributed by atoms with Crippen molar-refractivity contribution in [3.05, 3.63) is 50.7 Å². The third-order valence-corrected chi connectivity index (χ3v) is 3.02. The molecule has 0 bridgehead atoms. The Balaban J connectivity index is 2.31. The lowest BCUT2D eigenvalue weighted by Gasteiger charge is -1.96. The molecule has 3 aromatic rings. The number of aromatic nitrogens is 4. The van der Waals surface area contributed by atoms with E-state index in [0.717, 1.165) is 0 Å². The molecular formula is C13H9N5O2. The van der Waals surface area contributed by atoms with Gasteiger partial charge >= 0.3 is 5.69 Å². The minimum atomic E-state index is -0.522. The summed E-state index contributed by atoms with van der Waals surface area (Å²) in [4.78, 5) is 32.6. The molecule has 0 unspecified atom stereocenters. The Hall–Kier alpha value is -3.14. The molecule has 0 amide bonds. The van der Waals surface area contributed by atoms with Crippen molar-refractivity contribution >= 4 is 11.2 Å². The fraction of sp³-hybridized carbons (Fsp3) is 0.0769. The molecule has 3 rings (SSSR count). The molecule has 0 spiro atoms. The monoisotopic (exact) mass is 267 g/mol. The Bertz CT molecular complexity index is 971. The average Bonchev–Trinajstić information content (AvgIpc) is 2.91. The predicted octanol–water partition coefficient (Wildman–Crippen LogP) is 0.489. The van der Waals surface area contributed by atoms with Crippen LogP contribution in [0.2, 0.25) is 0 Å². The molecule has 20 heavy (non-hydrogen) atoms. The Kier molecular flexibility index (Phi) is 2.51. The fourth-order valence-electron chi connectivity index (χ4n) is 1.98. The second kappa shape index (κ2) is 4.20. The molecule has 2 aromatic heterocycles. The van der Waals surface area contributed by atoms with E-state index in [1.807, 2.05) is 6.07 Å². The zero-order chi connectivity index (χ0) is 14.3. The van der Waals surface area contributed by atoms with Gasteiger partial charge in [-0.3, -0.25) is 14.3 Å². The number of benzene rings is 1. The predicted molar refractivity (Wildman–Crippen MR) is 72.1 cm³/mol. The van der Waals surface area contributed by atoms with Gasteiger partial charge in [0.05, 0.1) is 11.6 Å². The van der Waals surface area contributed by atoms with Gasteiger partial charge in [-0.15, -0.1) is 0 Å². The lowest BCUT2D eigenvalue weighted by Crippen LogP contribution is -2.28. The molecule has 0 saturated heterocycles. The number of aromatic amines is 2. The molecule has 0 radical (unpaired) electrons. The van der Waals surface area contributed by atoms with Crippen molar-refractivity contribution in [2.24, 2.45) is 7.05 Å². The Morgan fingerprint density at radius 3 is 2.85 bits per heavy atom. The third-order valence-electron chi connectivity index (χ3n) is 3.02. The first kappa shape index (κ1) is 11.9. The Morgan fingerprint density at radius 2 is 2.10 bits per heavy atom. The molecule has 98 valence electrons. The number of nitriles is 1. The molecule has 0 fully saturated rings. The van der Waals surface area contributed by atoms with Crippen molar-refractivity contribution in [2.75, 3.05) is 0 Å². The van der Waals surface area contributed by atoms with Gasteiger partial charge in [0.1, 0.15) is 11.3 Å². The molecule has 7 heteroatoms. The zero-order valence-corrected chi connectivity index (χ0v) is 10.5. The molecule has 0 aliphatic heterocycles. The van der Waals surface area contributed by atoms with Crippen LogP contribution in [-0.4, -0.2) is 19.5 Å². The zero-order valence-electron chi connectivity index (χ0n) is 10.5. The van der Waals surface area contributed by atoms with Crippen molar-refractivity contribution in [3.8, 4) is 17.5 Å². The molecule has 0 aliphatic rings. The smallest absolute Gasteiger partial charge is 0.329 e. The van der Waals surface area contributed by atoms with Crippen LogP contribution in [-0.2, 0) is 7.05 Å². The van der Waals surface area contributed by atoms with E-state index >= 15 is 0 Å². The molecule has 2 N–H and O–H groups in total. The second-order valence-electron chi connectivity index (χ2n) is 4.29. The van der Waals surface area contributed by atoms with Crippen molar-refractivity contribution in [3.63, 3.8) is 0 Å². The molecule has 0 atom stereocenters. The highest BCUT2D eigenvalue weighted by Crippen LogP contribution is 2.18. The van der Waals surface area contributed by atoms with Gasteiger partial charge in [0.25, 0.3) is 5.56 Å². The van der Waals surface area contributed by atoms with Crippen molar-refractivity contribution in [1.82, 2.24) is 19.5 Å². The normalized spacial score (nSPS) is 10.6. The highest BCUT2D eigenvalue weighted by Gasteiger charge is 2.12. The molecule has 0 aliphatic carbocycles. The number of rotatable bonds is 1. The highest BCUT2D eigenvalue weighted by atomic mass is 16.2. The van der Waals surface area contributed by atoms with E-state index in [1.165, 1.54) is 11.6 Å². The van der Waals surface area contributed by atoms with Crippen LogP contribution in [0.5, 0.6) is 0 Å². The molecule has 0 saturated carbocycles. The van der Waals surface area contributed by atoms with Crippen molar-refractivity contribution < 1.29 is 0 Å². The first-order valence-electron chi connectivity index (χ1n) is 5.79. The highest BCUT2D eigenvalue weighted by molar-refractivity contribution is 5.75. The SMILES string of the molecule is Cn1c(=O)[nH]c(=O)c2[nH]c(-c3cccc(C#N)c3)nc21. The van der Waals surface area contributed by atoms with Gasteiger partial charge < -0.3 is 4.98 Å². The Morgan fingerprint density at radius 1 is 1.30 bits per heavy atom. The van der Waals surface area contributed by atoms with Gasteiger partial charge in [-0.05, 0) is 12.1 Å². The van der Waals surface area contributed by atoms with E-state index in [2.05, 4.69) is 15.0 Å².